The molecule has 2 atom stereocenters. The summed E-state index contributed by atoms with van der Waals surface area (Å²) >= 11 is 0. The fraction of sp³-hybridized carbons (Fsp3) is 0.625. The Bertz CT molecular complexity index is 845. The van der Waals surface area contributed by atoms with Gasteiger partial charge in [0.15, 0.2) is 0 Å². The van der Waals surface area contributed by atoms with Crippen LogP contribution in [-0.2, 0) is 51.2 Å². The summed E-state index contributed by atoms with van der Waals surface area (Å²) < 4.78 is 19.5. The number of pyridine rings is 1. The minimum absolute atomic E-state index is 0.144. The molecule has 2 unspecified atom stereocenters. The normalized spacial score (nSPS) is 17.6. The first kappa shape index (κ1) is 29.1. The number of methoxy groups -OCH3 is 4. The first-order valence-corrected chi connectivity index (χ1v) is 11.6. The maximum absolute atomic E-state index is 12.6. The van der Waals surface area contributed by atoms with E-state index >= 15 is 0 Å². The van der Waals surface area contributed by atoms with Crippen molar-refractivity contribution in [3.63, 3.8) is 0 Å². The highest BCUT2D eigenvalue weighted by Gasteiger charge is 2.32. The Balaban J connectivity index is 2.39. The molecule has 36 heavy (non-hydrogen) atoms. The molecule has 200 valence electrons. The van der Waals surface area contributed by atoms with Crippen LogP contribution in [0.25, 0.3) is 0 Å². The summed E-state index contributed by atoms with van der Waals surface area (Å²) in [6.07, 6.45) is -0.288. The molecular formula is C24H36N4O8. The number of fused-ring (bicyclic) bond motifs is 2. The summed E-state index contributed by atoms with van der Waals surface area (Å²) in [5.41, 5.74) is 1.36. The topological polar surface area (TPSA) is 128 Å². The van der Waals surface area contributed by atoms with Crippen LogP contribution in [0, 0.1) is 0 Å². The molecular weight excluding hydrogens is 472 g/mol. The lowest BCUT2D eigenvalue weighted by molar-refractivity contribution is -0.154. The number of carbonyl (C=O) groups excluding carboxylic acids is 4. The summed E-state index contributed by atoms with van der Waals surface area (Å²) in [5.74, 6) is -2.08. The van der Waals surface area contributed by atoms with Crippen LogP contribution in [0.1, 0.15) is 24.2 Å². The van der Waals surface area contributed by atoms with Crippen molar-refractivity contribution >= 4 is 23.9 Å². The molecule has 0 fully saturated rings. The first-order valence-electron chi connectivity index (χ1n) is 11.6. The molecule has 0 radical (unpaired) electrons. The van der Waals surface area contributed by atoms with Gasteiger partial charge in [-0.15, -0.1) is 0 Å². The van der Waals surface area contributed by atoms with Crippen molar-refractivity contribution < 1.29 is 38.1 Å². The number of hydrogen-bond donors (Lipinski definition) is 0. The van der Waals surface area contributed by atoms with Gasteiger partial charge in [-0.1, -0.05) is 6.07 Å². The van der Waals surface area contributed by atoms with Crippen LogP contribution in [0.5, 0.6) is 0 Å². The van der Waals surface area contributed by atoms with E-state index in [2.05, 4.69) is 0 Å². The van der Waals surface area contributed by atoms with Gasteiger partial charge in [-0.05, 0) is 19.2 Å². The van der Waals surface area contributed by atoms with Gasteiger partial charge in [-0.25, -0.2) is 0 Å². The molecule has 2 bridgehead atoms. The SMILES string of the molecule is COC(=O)CC(C(=O)OC)N1CCN(C)CCN(C(CC(=O)OC)C(=O)OC)Cc2cccc(n2)C1. The molecule has 0 spiro atoms. The number of aromatic nitrogens is 1. The van der Waals surface area contributed by atoms with Crippen molar-refractivity contribution in [2.24, 2.45) is 0 Å². The van der Waals surface area contributed by atoms with Crippen LogP contribution in [0.4, 0.5) is 0 Å². The Kier molecular flexibility index (Phi) is 11.7. The van der Waals surface area contributed by atoms with E-state index in [0.29, 0.717) is 50.7 Å². The van der Waals surface area contributed by atoms with Crippen LogP contribution >= 0.6 is 0 Å². The van der Waals surface area contributed by atoms with Crippen molar-refractivity contribution in [3.8, 4) is 0 Å². The fourth-order valence-corrected chi connectivity index (χ4v) is 4.00. The zero-order valence-electron chi connectivity index (χ0n) is 21.6. The van der Waals surface area contributed by atoms with E-state index in [1.165, 1.54) is 28.4 Å². The second kappa shape index (κ2) is 14.5. The number of nitrogens with zero attached hydrogens (tertiary/aromatic N) is 4. The van der Waals surface area contributed by atoms with Gasteiger partial charge in [0, 0.05) is 39.3 Å². The maximum Gasteiger partial charge on any atom is 0.323 e. The van der Waals surface area contributed by atoms with Crippen LogP contribution in [0.15, 0.2) is 18.2 Å². The second-order valence-corrected chi connectivity index (χ2v) is 8.50. The Hall–Kier alpha value is -3.09. The van der Waals surface area contributed by atoms with Gasteiger partial charge in [0.05, 0.1) is 52.7 Å². The molecule has 0 saturated heterocycles. The molecule has 1 aliphatic rings. The molecule has 0 N–H and O–H groups in total. The van der Waals surface area contributed by atoms with E-state index in [-0.39, 0.29) is 12.8 Å². The molecule has 2 rings (SSSR count). The van der Waals surface area contributed by atoms with Crippen LogP contribution in [0.2, 0.25) is 0 Å². The standard InChI is InChI=1S/C24H36N4O8/c1-26-9-11-27(19(23(31)35-4)13-21(29)33-2)15-17-7-6-8-18(25-17)16-28(12-10-26)20(24(32)36-5)14-22(30)34-3/h6-8,19-20H,9-16H2,1-5H3. The molecule has 1 aliphatic heterocycles. The van der Waals surface area contributed by atoms with Crippen LogP contribution in [-0.4, -0.2) is 117 Å². The zero-order valence-corrected chi connectivity index (χ0v) is 21.6. The highest BCUT2D eigenvalue weighted by molar-refractivity contribution is 5.83. The molecule has 0 aliphatic carbocycles. The van der Waals surface area contributed by atoms with Gasteiger partial charge in [-0.2, -0.15) is 0 Å². The molecule has 12 heteroatoms. The highest BCUT2D eigenvalue weighted by atomic mass is 16.5. The summed E-state index contributed by atoms with van der Waals surface area (Å²) in [6, 6.07) is 3.84. The second-order valence-electron chi connectivity index (χ2n) is 8.50. The Labute approximate surface area is 211 Å². The fourth-order valence-electron chi connectivity index (χ4n) is 4.00. The first-order chi connectivity index (χ1) is 17.2. The van der Waals surface area contributed by atoms with Crippen molar-refractivity contribution in [1.29, 1.82) is 0 Å². The van der Waals surface area contributed by atoms with E-state index in [4.69, 9.17) is 23.9 Å². The lowest BCUT2D eigenvalue weighted by atomic mass is 10.1. The lowest BCUT2D eigenvalue weighted by Crippen LogP contribution is -2.49. The van der Waals surface area contributed by atoms with Crippen molar-refractivity contribution in [3.05, 3.63) is 29.6 Å². The lowest BCUT2D eigenvalue weighted by Gasteiger charge is -2.34. The van der Waals surface area contributed by atoms with Crippen molar-refractivity contribution in [1.82, 2.24) is 19.7 Å². The smallest absolute Gasteiger partial charge is 0.323 e. The van der Waals surface area contributed by atoms with Gasteiger partial charge in [0.1, 0.15) is 12.1 Å². The third-order valence-corrected chi connectivity index (χ3v) is 6.14. The Morgan fingerprint density at radius 2 is 1.17 bits per heavy atom. The summed E-state index contributed by atoms with van der Waals surface area (Å²) in [7, 11) is 7.04. The molecule has 2 heterocycles. The largest absolute Gasteiger partial charge is 0.469 e. The number of ether oxygens (including phenoxy) is 4. The number of likely N-dealkylation sites (N-methyl/N-ethyl adjacent to an activating group) is 1. The summed E-state index contributed by atoms with van der Waals surface area (Å²) in [4.78, 5) is 59.7. The number of rotatable bonds is 8. The Morgan fingerprint density at radius 1 is 0.750 bits per heavy atom. The molecule has 0 amide bonds. The van der Waals surface area contributed by atoms with E-state index < -0.39 is 36.0 Å². The third-order valence-electron chi connectivity index (χ3n) is 6.14. The average Bonchev–Trinajstić information content (AvgIpc) is 2.89. The van der Waals surface area contributed by atoms with Gasteiger partial charge in [-0.3, -0.25) is 34.0 Å². The van der Waals surface area contributed by atoms with Crippen LogP contribution in [0.3, 0.4) is 0 Å². The molecule has 0 saturated carbocycles. The minimum atomic E-state index is -0.829. The molecule has 0 aromatic carbocycles. The maximum atomic E-state index is 12.6. The Morgan fingerprint density at radius 3 is 1.53 bits per heavy atom. The van der Waals surface area contributed by atoms with E-state index in [9.17, 15) is 19.2 Å². The molecule has 1 aromatic rings. The summed E-state index contributed by atoms with van der Waals surface area (Å²) in [6.45, 7) is 2.59. The number of esters is 4. The third kappa shape index (κ3) is 8.54. The highest BCUT2D eigenvalue weighted by Crippen LogP contribution is 2.17. The average molecular weight is 509 g/mol. The predicted molar refractivity (Wildman–Crippen MR) is 127 cm³/mol. The van der Waals surface area contributed by atoms with E-state index in [1.54, 1.807) is 0 Å². The minimum Gasteiger partial charge on any atom is -0.469 e. The van der Waals surface area contributed by atoms with Crippen molar-refractivity contribution in [2.75, 3.05) is 61.7 Å². The number of carbonyl (C=O) groups is 4. The zero-order chi connectivity index (χ0) is 26.7. The summed E-state index contributed by atoms with van der Waals surface area (Å²) in [5, 5.41) is 0. The van der Waals surface area contributed by atoms with Gasteiger partial charge < -0.3 is 23.8 Å². The molecule has 1 aromatic heterocycles. The predicted octanol–water partition coefficient (Wildman–Crippen LogP) is -0.160. The van der Waals surface area contributed by atoms with E-state index in [0.717, 1.165) is 0 Å². The van der Waals surface area contributed by atoms with Gasteiger partial charge in [0.25, 0.3) is 0 Å². The van der Waals surface area contributed by atoms with Gasteiger partial charge in [0.2, 0.25) is 0 Å². The van der Waals surface area contributed by atoms with Crippen LogP contribution < -0.4 is 0 Å². The molecule has 12 nitrogen and oxygen atoms in total. The van der Waals surface area contributed by atoms with Crippen molar-refractivity contribution in [2.45, 2.75) is 38.0 Å². The monoisotopic (exact) mass is 508 g/mol. The van der Waals surface area contributed by atoms with Gasteiger partial charge >= 0.3 is 23.9 Å². The number of hydrogen-bond acceptors (Lipinski definition) is 12. The van der Waals surface area contributed by atoms with E-state index in [1.807, 2.05) is 39.9 Å². The quantitative estimate of drug-likeness (QED) is 0.342.